The minimum absolute atomic E-state index is 0.266. The Morgan fingerprint density at radius 3 is 2.59 bits per heavy atom. The molecular formula is C14H9F2N3O3. The number of halogens is 2. The third kappa shape index (κ3) is 2.40. The first-order valence-corrected chi connectivity index (χ1v) is 5.80. The van der Waals surface area contributed by atoms with E-state index in [1.807, 2.05) is 5.92 Å². The van der Waals surface area contributed by atoms with Crippen LogP contribution in [0.2, 0.25) is 0 Å². The van der Waals surface area contributed by atoms with Crippen LogP contribution in [0.1, 0.15) is 16.1 Å². The quantitative estimate of drug-likeness (QED) is 0.837. The molecule has 0 atom stereocenters. The molecule has 1 aromatic heterocycles. The summed E-state index contributed by atoms with van der Waals surface area (Å²) >= 11 is 0. The van der Waals surface area contributed by atoms with E-state index in [-0.39, 0.29) is 22.7 Å². The summed E-state index contributed by atoms with van der Waals surface area (Å²) in [4.78, 5) is 18.5. The lowest BCUT2D eigenvalue weighted by molar-refractivity contribution is 0.0686. The van der Waals surface area contributed by atoms with Crippen molar-refractivity contribution >= 4 is 11.8 Å². The average Bonchev–Trinajstić information content (AvgIpc) is 2.49. The zero-order valence-electron chi connectivity index (χ0n) is 11.2. The fourth-order valence-corrected chi connectivity index (χ4v) is 1.77. The Labute approximate surface area is 123 Å². The summed E-state index contributed by atoms with van der Waals surface area (Å²) in [6, 6.07) is 2.29. The summed E-state index contributed by atoms with van der Waals surface area (Å²) in [5.41, 5.74) is 4.36. The van der Waals surface area contributed by atoms with E-state index >= 15 is 0 Å². The van der Waals surface area contributed by atoms with E-state index in [0.717, 1.165) is 12.1 Å². The number of methoxy groups -OCH3 is 1. The summed E-state index contributed by atoms with van der Waals surface area (Å²) in [5.74, 6) is -2.99. The molecule has 0 aliphatic heterocycles. The fraction of sp³-hybridized carbons (Fsp3) is 0.0714. The number of hydrogen-bond donors (Lipinski definition) is 2. The number of anilines is 1. The summed E-state index contributed by atoms with van der Waals surface area (Å²) < 4.78 is 32.5. The van der Waals surface area contributed by atoms with Gasteiger partial charge in [-0.3, -0.25) is 0 Å². The third-order valence-electron chi connectivity index (χ3n) is 2.78. The van der Waals surface area contributed by atoms with Crippen molar-refractivity contribution in [1.82, 2.24) is 9.97 Å². The first kappa shape index (κ1) is 15.2. The molecule has 6 nitrogen and oxygen atoms in total. The number of aromatic carboxylic acids is 1. The lowest BCUT2D eigenvalue weighted by Crippen LogP contribution is -2.10. The summed E-state index contributed by atoms with van der Waals surface area (Å²) in [7, 11) is 1.18. The highest BCUT2D eigenvalue weighted by Gasteiger charge is 2.22. The standard InChI is InChI=1S/C14H9F2N3O3/c1-3-6-4-5-7(9(16)8(6)15)13-18-10(14(20)21)11(22-2)12(17)19-13/h1,4-5H,2H3,(H,20,21)(H2,17,18,19). The van der Waals surface area contributed by atoms with Gasteiger partial charge in [-0.25, -0.2) is 23.5 Å². The second-order valence-electron chi connectivity index (χ2n) is 4.05. The second-order valence-corrected chi connectivity index (χ2v) is 4.05. The zero-order valence-corrected chi connectivity index (χ0v) is 11.2. The molecule has 0 aliphatic rings. The molecule has 0 fully saturated rings. The Bertz CT molecular complexity index is 816. The van der Waals surface area contributed by atoms with Crippen molar-refractivity contribution in [1.29, 1.82) is 0 Å². The number of benzene rings is 1. The predicted octanol–water partition coefficient (Wildman–Crippen LogP) is 1.69. The molecule has 112 valence electrons. The van der Waals surface area contributed by atoms with Gasteiger partial charge in [0.2, 0.25) is 0 Å². The first-order valence-electron chi connectivity index (χ1n) is 5.80. The summed E-state index contributed by atoms with van der Waals surface area (Å²) in [6.07, 6.45) is 5.03. The van der Waals surface area contributed by atoms with E-state index in [4.69, 9.17) is 22.0 Å². The van der Waals surface area contributed by atoms with Crippen molar-refractivity contribution in [3.63, 3.8) is 0 Å². The van der Waals surface area contributed by atoms with E-state index in [9.17, 15) is 13.6 Å². The van der Waals surface area contributed by atoms with E-state index in [0.29, 0.717) is 0 Å². The van der Waals surface area contributed by atoms with Crippen LogP contribution in [0, 0.1) is 24.0 Å². The number of carboxylic acids is 1. The highest BCUT2D eigenvalue weighted by Crippen LogP contribution is 2.29. The van der Waals surface area contributed by atoms with Gasteiger partial charge in [-0.15, -0.1) is 6.42 Å². The number of ether oxygens (including phenoxy) is 1. The molecule has 0 aliphatic carbocycles. The van der Waals surface area contributed by atoms with Crippen LogP contribution in [0.3, 0.4) is 0 Å². The normalized spacial score (nSPS) is 10.1. The van der Waals surface area contributed by atoms with E-state index in [1.165, 1.54) is 7.11 Å². The highest BCUT2D eigenvalue weighted by atomic mass is 19.2. The number of carbonyl (C=O) groups is 1. The molecule has 3 N–H and O–H groups in total. The number of carboxylic acid groups (broad SMARTS) is 1. The Morgan fingerprint density at radius 1 is 1.36 bits per heavy atom. The first-order chi connectivity index (χ1) is 10.4. The van der Waals surface area contributed by atoms with Crippen molar-refractivity contribution in [3.05, 3.63) is 35.0 Å². The largest absolute Gasteiger partial charge is 0.491 e. The minimum atomic E-state index is -1.45. The van der Waals surface area contributed by atoms with E-state index in [1.54, 1.807) is 0 Å². The van der Waals surface area contributed by atoms with Gasteiger partial charge in [0.1, 0.15) is 0 Å². The maximum absolute atomic E-state index is 14.0. The lowest BCUT2D eigenvalue weighted by atomic mass is 10.1. The Morgan fingerprint density at radius 2 is 2.05 bits per heavy atom. The SMILES string of the molecule is C#Cc1ccc(-c2nc(N)c(OC)c(C(=O)O)n2)c(F)c1F. The number of aromatic nitrogens is 2. The zero-order chi connectivity index (χ0) is 16.4. The summed E-state index contributed by atoms with van der Waals surface area (Å²) in [5, 5.41) is 9.08. The highest BCUT2D eigenvalue weighted by molar-refractivity contribution is 5.91. The van der Waals surface area contributed by atoms with Crippen LogP contribution in [-0.2, 0) is 0 Å². The van der Waals surface area contributed by atoms with Crippen LogP contribution < -0.4 is 10.5 Å². The van der Waals surface area contributed by atoms with Crippen molar-refractivity contribution in [3.8, 4) is 29.5 Å². The average molecular weight is 305 g/mol. The van der Waals surface area contributed by atoms with Crippen LogP contribution in [0.4, 0.5) is 14.6 Å². The van der Waals surface area contributed by atoms with Gasteiger partial charge in [-0.2, -0.15) is 0 Å². The number of terminal acetylenes is 1. The van der Waals surface area contributed by atoms with Gasteiger partial charge in [-0.05, 0) is 12.1 Å². The minimum Gasteiger partial charge on any atom is -0.491 e. The molecule has 0 amide bonds. The van der Waals surface area contributed by atoms with Crippen molar-refractivity contribution in [2.24, 2.45) is 0 Å². The van der Waals surface area contributed by atoms with Crippen LogP contribution >= 0.6 is 0 Å². The van der Waals surface area contributed by atoms with Crippen LogP contribution in [0.15, 0.2) is 12.1 Å². The van der Waals surface area contributed by atoms with Gasteiger partial charge in [0.15, 0.2) is 34.7 Å². The van der Waals surface area contributed by atoms with E-state index < -0.39 is 29.1 Å². The molecule has 0 bridgehead atoms. The Balaban J connectivity index is 2.72. The molecule has 0 spiro atoms. The third-order valence-corrected chi connectivity index (χ3v) is 2.78. The van der Waals surface area contributed by atoms with Gasteiger partial charge in [0.25, 0.3) is 0 Å². The molecule has 8 heteroatoms. The fourth-order valence-electron chi connectivity index (χ4n) is 1.77. The van der Waals surface area contributed by atoms with Gasteiger partial charge < -0.3 is 15.6 Å². The number of hydrogen-bond acceptors (Lipinski definition) is 5. The molecule has 0 radical (unpaired) electrons. The number of rotatable bonds is 3. The van der Waals surface area contributed by atoms with Crippen LogP contribution in [0.5, 0.6) is 5.75 Å². The van der Waals surface area contributed by atoms with E-state index in [2.05, 4.69) is 9.97 Å². The molecule has 2 aromatic rings. The van der Waals surface area contributed by atoms with Crippen molar-refractivity contribution in [2.75, 3.05) is 12.8 Å². The molecule has 1 aromatic carbocycles. The number of nitrogens with two attached hydrogens (primary N) is 1. The topological polar surface area (TPSA) is 98.3 Å². The Hall–Kier alpha value is -3.21. The summed E-state index contributed by atoms with van der Waals surface area (Å²) in [6.45, 7) is 0. The van der Waals surface area contributed by atoms with Crippen LogP contribution in [0.25, 0.3) is 11.4 Å². The number of nitrogen functional groups attached to an aromatic ring is 1. The van der Waals surface area contributed by atoms with Gasteiger partial charge >= 0.3 is 5.97 Å². The van der Waals surface area contributed by atoms with Crippen molar-refractivity contribution < 1.29 is 23.4 Å². The molecule has 0 saturated heterocycles. The second kappa shape index (κ2) is 5.65. The Kier molecular flexibility index (Phi) is 3.90. The lowest BCUT2D eigenvalue weighted by Gasteiger charge is -2.10. The van der Waals surface area contributed by atoms with Gasteiger partial charge in [0.05, 0.1) is 18.2 Å². The van der Waals surface area contributed by atoms with Crippen LogP contribution in [-0.4, -0.2) is 28.2 Å². The predicted molar refractivity (Wildman–Crippen MR) is 73.2 cm³/mol. The molecular weight excluding hydrogens is 296 g/mol. The molecule has 1 heterocycles. The van der Waals surface area contributed by atoms with Gasteiger partial charge in [0, 0.05) is 0 Å². The van der Waals surface area contributed by atoms with Crippen molar-refractivity contribution in [2.45, 2.75) is 0 Å². The molecule has 0 unspecified atom stereocenters. The maximum Gasteiger partial charge on any atom is 0.358 e. The maximum atomic E-state index is 14.0. The monoisotopic (exact) mass is 305 g/mol. The molecule has 2 rings (SSSR count). The smallest absolute Gasteiger partial charge is 0.358 e. The molecule has 22 heavy (non-hydrogen) atoms. The molecule has 0 saturated carbocycles. The van der Waals surface area contributed by atoms with Gasteiger partial charge in [-0.1, -0.05) is 5.92 Å². The number of nitrogens with zero attached hydrogens (tertiary/aromatic N) is 2.